The van der Waals surface area contributed by atoms with Gasteiger partial charge in [-0.15, -0.1) is 0 Å². The van der Waals surface area contributed by atoms with Gasteiger partial charge in [-0.1, -0.05) is 24.3 Å². The summed E-state index contributed by atoms with van der Waals surface area (Å²) in [6.45, 7) is 6.38. The van der Waals surface area contributed by atoms with Gasteiger partial charge in [-0.3, -0.25) is 0 Å². The molecule has 0 radical (unpaired) electrons. The van der Waals surface area contributed by atoms with Crippen LogP contribution in [0.3, 0.4) is 0 Å². The molecule has 3 nitrogen and oxygen atoms in total. The lowest BCUT2D eigenvalue weighted by Gasteiger charge is -2.28. The Morgan fingerprint density at radius 3 is 2.75 bits per heavy atom. The number of aryl methyl sites for hydroxylation is 1. The smallest absolute Gasteiger partial charge is 0.0702 e. The van der Waals surface area contributed by atoms with E-state index in [4.69, 9.17) is 4.74 Å². The Morgan fingerprint density at radius 1 is 1.40 bits per heavy atom. The highest BCUT2D eigenvalue weighted by molar-refractivity contribution is 5.28. The summed E-state index contributed by atoms with van der Waals surface area (Å²) in [5.74, 6) is 0. The van der Waals surface area contributed by atoms with Crippen LogP contribution in [0.5, 0.6) is 0 Å². The maximum absolute atomic E-state index is 5.67. The van der Waals surface area contributed by atoms with Gasteiger partial charge >= 0.3 is 0 Å². The molecule has 1 aromatic rings. The van der Waals surface area contributed by atoms with E-state index in [2.05, 4.69) is 62.4 Å². The van der Waals surface area contributed by atoms with Crippen molar-refractivity contribution in [2.45, 2.75) is 44.9 Å². The van der Waals surface area contributed by atoms with Crippen LogP contribution in [-0.2, 0) is 4.74 Å². The Morgan fingerprint density at radius 2 is 2.15 bits per heavy atom. The quantitative estimate of drug-likeness (QED) is 0.864. The van der Waals surface area contributed by atoms with Gasteiger partial charge in [0.25, 0.3) is 0 Å². The third-order valence-corrected chi connectivity index (χ3v) is 4.59. The van der Waals surface area contributed by atoms with E-state index < -0.39 is 0 Å². The molecular formula is C17H28N2O. The average molecular weight is 276 g/mol. The molecule has 0 bridgehead atoms. The fourth-order valence-corrected chi connectivity index (χ4v) is 3.23. The minimum absolute atomic E-state index is 0.367. The SMILES string of the molecule is CNC(CCN(C)C1CCOC1C)c1ccccc1C. The molecule has 112 valence electrons. The maximum atomic E-state index is 5.67. The minimum atomic E-state index is 0.367. The highest BCUT2D eigenvalue weighted by Gasteiger charge is 2.27. The van der Waals surface area contributed by atoms with E-state index in [9.17, 15) is 0 Å². The Labute approximate surface area is 123 Å². The summed E-state index contributed by atoms with van der Waals surface area (Å²) in [5, 5.41) is 3.46. The summed E-state index contributed by atoms with van der Waals surface area (Å²) in [5.41, 5.74) is 2.78. The molecule has 3 unspecified atom stereocenters. The molecule has 0 saturated carbocycles. The number of nitrogens with zero attached hydrogens (tertiary/aromatic N) is 1. The fraction of sp³-hybridized carbons (Fsp3) is 0.647. The molecule has 0 spiro atoms. The Hall–Kier alpha value is -0.900. The number of rotatable bonds is 6. The largest absolute Gasteiger partial charge is 0.377 e. The average Bonchev–Trinajstić information content (AvgIpc) is 2.87. The predicted molar refractivity (Wildman–Crippen MR) is 84.0 cm³/mol. The first-order chi connectivity index (χ1) is 9.63. The van der Waals surface area contributed by atoms with E-state index in [1.165, 1.54) is 11.1 Å². The van der Waals surface area contributed by atoms with Crippen LogP contribution in [0, 0.1) is 6.92 Å². The molecule has 2 rings (SSSR count). The van der Waals surface area contributed by atoms with E-state index in [-0.39, 0.29) is 0 Å². The monoisotopic (exact) mass is 276 g/mol. The van der Waals surface area contributed by atoms with Crippen molar-refractivity contribution >= 4 is 0 Å². The fourth-order valence-electron chi connectivity index (χ4n) is 3.23. The van der Waals surface area contributed by atoms with Crippen LogP contribution < -0.4 is 5.32 Å². The molecule has 3 atom stereocenters. The molecule has 1 aliphatic heterocycles. The third kappa shape index (κ3) is 3.60. The van der Waals surface area contributed by atoms with E-state index in [1.54, 1.807) is 0 Å². The number of likely N-dealkylation sites (N-methyl/N-ethyl adjacent to an activating group) is 1. The minimum Gasteiger partial charge on any atom is -0.377 e. The molecule has 0 aliphatic carbocycles. The van der Waals surface area contributed by atoms with E-state index in [0.29, 0.717) is 18.2 Å². The molecule has 3 heteroatoms. The van der Waals surface area contributed by atoms with Crippen molar-refractivity contribution in [2.24, 2.45) is 0 Å². The second-order valence-electron chi connectivity index (χ2n) is 5.90. The van der Waals surface area contributed by atoms with Crippen LogP contribution in [-0.4, -0.2) is 44.3 Å². The summed E-state index contributed by atoms with van der Waals surface area (Å²) >= 11 is 0. The zero-order valence-corrected chi connectivity index (χ0v) is 13.2. The maximum Gasteiger partial charge on any atom is 0.0702 e. The molecule has 1 heterocycles. The van der Waals surface area contributed by atoms with Gasteiger partial charge < -0.3 is 15.0 Å². The number of hydrogen-bond donors (Lipinski definition) is 1. The zero-order chi connectivity index (χ0) is 14.5. The molecule has 0 amide bonds. The van der Waals surface area contributed by atoms with Crippen LogP contribution in [0.25, 0.3) is 0 Å². The summed E-state index contributed by atoms with van der Waals surface area (Å²) in [4.78, 5) is 2.46. The summed E-state index contributed by atoms with van der Waals surface area (Å²) < 4.78 is 5.67. The normalized spacial score (nSPS) is 24.2. The molecular weight excluding hydrogens is 248 g/mol. The first kappa shape index (κ1) is 15.5. The van der Waals surface area contributed by atoms with Gasteiger partial charge in [-0.25, -0.2) is 0 Å². The van der Waals surface area contributed by atoms with Gasteiger partial charge in [-0.2, -0.15) is 0 Å². The standard InChI is InChI=1S/C17H28N2O/c1-13-7-5-6-8-15(13)16(18-3)9-11-19(4)17-10-12-20-14(17)2/h5-8,14,16-18H,9-12H2,1-4H3. The molecule has 1 aliphatic rings. The van der Waals surface area contributed by atoms with Crippen LogP contribution in [0.1, 0.15) is 36.9 Å². The summed E-state index contributed by atoms with van der Waals surface area (Å²) in [7, 11) is 4.28. The Bertz CT molecular complexity index is 421. The predicted octanol–water partition coefficient (Wildman–Crippen LogP) is 2.75. The summed E-state index contributed by atoms with van der Waals surface area (Å²) in [6, 6.07) is 9.66. The molecule has 1 N–H and O–H groups in total. The second kappa shape index (κ2) is 7.21. The number of hydrogen-bond acceptors (Lipinski definition) is 3. The topological polar surface area (TPSA) is 24.5 Å². The Kier molecular flexibility index (Phi) is 5.58. The van der Waals surface area contributed by atoms with Crippen molar-refractivity contribution in [3.63, 3.8) is 0 Å². The number of ether oxygens (including phenoxy) is 1. The van der Waals surface area contributed by atoms with Crippen molar-refractivity contribution in [3.8, 4) is 0 Å². The highest BCUT2D eigenvalue weighted by Crippen LogP contribution is 2.23. The first-order valence-corrected chi connectivity index (χ1v) is 7.68. The van der Waals surface area contributed by atoms with Crippen molar-refractivity contribution in [3.05, 3.63) is 35.4 Å². The Balaban J connectivity index is 1.92. The van der Waals surface area contributed by atoms with Crippen LogP contribution in [0.15, 0.2) is 24.3 Å². The highest BCUT2D eigenvalue weighted by atomic mass is 16.5. The molecule has 1 fully saturated rings. The van der Waals surface area contributed by atoms with Crippen LogP contribution >= 0.6 is 0 Å². The van der Waals surface area contributed by atoms with Crippen LogP contribution in [0.2, 0.25) is 0 Å². The van der Waals surface area contributed by atoms with Crippen molar-refractivity contribution in [2.75, 3.05) is 27.2 Å². The van der Waals surface area contributed by atoms with E-state index in [0.717, 1.165) is 26.0 Å². The van der Waals surface area contributed by atoms with Gasteiger partial charge in [-0.05, 0) is 51.9 Å². The first-order valence-electron chi connectivity index (χ1n) is 7.68. The lowest BCUT2D eigenvalue weighted by atomic mass is 9.98. The molecule has 1 aromatic carbocycles. The van der Waals surface area contributed by atoms with E-state index in [1.807, 2.05) is 0 Å². The van der Waals surface area contributed by atoms with Gasteiger partial charge in [0, 0.05) is 25.2 Å². The van der Waals surface area contributed by atoms with Crippen molar-refractivity contribution in [1.29, 1.82) is 0 Å². The molecule has 0 aromatic heterocycles. The number of benzene rings is 1. The molecule has 20 heavy (non-hydrogen) atoms. The van der Waals surface area contributed by atoms with Gasteiger partial charge in [0.2, 0.25) is 0 Å². The second-order valence-corrected chi connectivity index (χ2v) is 5.90. The summed E-state index contributed by atoms with van der Waals surface area (Å²) in [6.07, 6.45) is 2.65. The van der Waals surface area contributed by atoms with E-state index >= 15 is 0 Å². The lowest BCUT2D eigenvalue weighted by Crippen LogP contribution is -2.38. The number of nitrogens with one attached hydrogen (secondary N) is 1. The molecule has 1 saturated heterocycles. The lowest BCUT2D eigenvalue weighted by molar-refractivity contribution is 0.0824. The van der Waals surface area contributed by atoms with Gasteiger partial charge in [0.1, 0.15) is 0 Å². The zero-order valence-electron chi connectivity index (χ0n) is 13.2. The van der Waals surface area contributed by atoms with Crippen LogP contribution in [0.4, 0.5) is 0 Å². The third-order valence-electron chi connectivity index (χ3n) is 4.59. The van der Waals surface area contributed by atoms with Gasteiger partial charge in [0.05, 0.1) is 6.10 Å². The van der Waals surface area contributed by atoms with Gasteiger partial charge in [0.15, 0.2) is 0 Å². The van der Waals surface area contributed by atoms with Crippen molar-refractivity contribution in [1.82, 2.24) is 10.2 Å². The van der Waals surface area contributed by atoms with Crippen molar-refractivity contribution < 1.29 is 4.74 Å².